The molecule has 0 radical (unpaired) electrons. The Bertz CT molecular complexity index is 2440. The monoisotopic (exact) mass is 1500 g/mol. The van der Waals surface area contributed by atoms with Gasteiger partial charge >= 0.3 is 39.5 Å². The summed E-state index contributed by atoms with van der Waals surface area (Å²) in [5.41, 5.74) is 0. The summed E-state index contributed by atoms with van der Waals surface area (Å²) in [5.74, 6) is -2.33. The van der Waals surface area contributed by atoms with E-state index in [1.807, 2.05) is 12.2 Å². The minimum absolute atomic E-state index is 0.0937. The molecule has 0 spiro atoms. The van der Waals surface area contributed by atoms with Gasteiger partial charge in [-0.2, -0.15) is 0 Å². The first kappa shape index (κ1) is 99.5. The van der Waals surface area contributed by atoms with Gasteiger partial charge in [-0.1, -0.05) is 316 Å². The molecular weight excluding hydrogens is 1350 g/mol. The first-order chi connectivity index (χ1) is 50.7. The Kier molecular flexibility index (Phi) is 73.3. The second-order valence-electron chi connectivity index (χ2n) is 27.0. The number of carbonyl (C=O) groups is 4. The highest BCUT2D eigenvalue weighted by atomic mass is 31.2. The number of hydrogen-bond donors (Lipinski definition) is 3. The minimum Gasteiger partial charge on any atom is -0.462 e. The van der Waals surface area contributed by atoms with Gasteiger partial charge in [0.15, 0.2) is 12.2 Å². The topological polar surface area (TPSA) is 237 Å². The average Bonchev–Trinajstić information content (AvgIpc) is 0.999. The standard InChI is InChI=1S/C85H146O17P2/c1-5-9-13-17-21-25-29-33-37-38-39-40-44-46-50-54-58-62-66-70-83(88)96-76-81(102-85(90)72-68-64-60-56-52-48-43-36-32-28-24-20-16-12-8-4)78-100-104(93,94)98-74-79(86)73-97-103(91,92)99-77-80(101-84(89)71-67-63-59-55-51-47-42-35-31-27-23-19-15-11-7-3)75-95-82(87)69-65-61-57-53-49-45-41-34-30-26-22-18-14-10-6-2/h9,12-13,16,21,24-25,28,33-34,36-37,39-41,43,52,56,64,68,79-81,86H,5-8,10-11,14-15,17-20,22-23,26-27,29-32,35,38,42,44-51,53-55,57-63,65-67,69-78H2,1-4H3,(H,91,92)(H,93,94)/b13-9-,16-12-,25-21-,28-24-,37-33-,40-39-,41-34-,43-36-,56-52-,68-64-. The molecule has 0 heterocycles. The number of esters is 4. The highest BCUT2D eigenvalue weighted by Crippen LogP contribution is 2.45. The summed E-state index contributed by atoms with van der Waals surface area (Å²) in [6, 6.07) is 0. The molecule has 0 rings (SSSR count). The van der Waals surface area contributed by atoms with Crippen molar-refractivity contribution < 1.29 is 80.2 Å². The highest BCUT2D eigenvalue weighted by Gasteiger charge is 2.30. The van der Waals surface area contributed by atoms with Crippen LogP contribution in [0.1, 0.15) is 336 Å². The van der Waals surface area contributed by atoms with E-state index in [-0.39, 0.29) is 25.7 Å². The lowest BCUT2D eigenvalue weighted by molar-refractivity contribution is -0.161. The summed E-state index contributed by atoms with van der Waals surface area (Å²) in [6.07, 6.45) is 84.9. The fourth-order valence-electron chi connectivity index (χ4n) is 10.8. The van der Waals surface area contributed by atoms with Crippen LogP contribution in [-0.2, 0) is 65.4 Å². The number of rotatable bonds is 76. The molecule has 5 atom stereocenters. The molecule has 0 aliphatic rings. The quantitative estimate of drug-likeness (QED) is 0.0169. The SMILES string of the molecule is CC/C=C\C/C=C\C/C=C\C/C=C\C/C=C\CC(=O)OC(COC(=O)CCCCCCCC/C=C\C/C=C\C/C=C\C/C=C\CC)COP(=O)(O)OCC(O)COP(=O)(O)OCC(COC(=O)CCCCCCC/C=C\CCCCCCCC)OC(=O)CCCCCCCCCCCCCCCCC. The number of unbranched alkanes of at least 4 members (excludes halogenated alkanes) is 31. The van der Waals surface area contributed by atoms with E-state index in [0.29, 0.717) is 25.7 Å². The lowest BCUT2D eigenvalue weighted by Crippen LogP contribution is -2.30. The number of allylic oxidation sites excluding steroid dienone is 19. The molecule has 598 valence electrons. The number of aliphatic hydroxyl groups is 1. The van der Waals surface area contributed by atoms with E-state index in [1.54, 1.807) is 12.2 Å². The Morgan fingerprint density at radius 2 is 0.538 bits per heavy atom. The molecule has 0 aromatic carbocycles. The van der Waals surface area contributed by atoms with Gasteiger partial charge in [-0.15, -0.1) is 0 Å². The van der Waals surface area contributed by atoms with Crippen LogP contribution in [0.4, 0.5) is 0 Å². The molecule has 0 aliphatic heterocycles. The van der Waals surface area contributed by atoms with Crippen LogP contribution in [-0.4, -0.2) is 96.7 Å². The third-order valence-electron chi connectivity index (χ3n) is 17.0. The average molecular weight is 1500 g/mol. The Hall–Kier alpha value is -4.54. The van der Waals surface area contributed by atoms with Crippen molar-refractivity contribution in [2.45, 2.75) is 354 Å². The van der Waals surface area contributed by atoms with Crippen molar-refractivity contribution in [3.05, 3.63) is 122 Å². The Morgan fingerprint density at radius 3 is 0.865 bits per heavy atom. The van der Waals surface area contributed by atoms with Gasteiger partial charge in [-0.05, 0) is 116 Å². The summed E-state index contributed by atoms with van der Waals surface area (Å²) >= 11 is 0. The second-order valence-corrected chi connectivity index (χ2v) is 29.9. The largest absolute Gasteiger partial charge is 0.472 e. The fraction of sp³-hybridized carbons (Fsp3) is 0.718. The molecule has 0 aromatic heterocycles. The third kappa shape index (κ3) is 75.7. The Labute approximate surface area is 632 Å². The minimum atomic E-state index is -5.01. The molecular formula is C85H146O17P2. The zero-order valence-corrected chi connectivity index (χ0v) is 67.2. The van der Waals surface area contributed by atoms with Gasteiger partial charge in [0.25, 0.3) is 0 Å². The maximum Gasteiger partial charge on any atom is 0.472 e. The molecule has 0 bridgehead atoms. The molecule has 0 fully saturated rings. The van der Waals surface area contributed by atoms with E-state index < -0.39 is 97.5 Å². The van der Waals surface area contributed by atoms with Crippen LogP contribution in [0.3, 0.4) is 0 Å². The van der Waals surface area contributed by atoms with E-state index in [9.17, 15) is 43.2 Å². The fourth-order valence-corrected chi connectivity index (χ4v) is 12.4. The van der Waals surface area contributed by atoms with Crippen molar-refractivity contribution in [2.24, 2.45) is 0 Å². The van der Waals surface area contributed by atoms with E-state index in [2.05, 4.69) is 125 Å². The maximum absolute atomic E-state index is 13.1. The predicted octanol–water partition coefficient (Wildman–Crippen LogP) is 23.9. The van der Waals surface area contributed by atoms with E-state index in [1.165, 1.54) is 103 Å². The highest BCUT2D eigenvalue weighted by molar-refractivity contribution is 7.47. The lowest BCUT2D eigenvalue weighted by atomic mass is 10.0. The number of aliphatic hydroxyl groups excluding tert-OH is 1. The van der Waals surface area contributed by atoms with Gasteiger partial charge in [-0.3, -0.25) is 37.3 Å². The van der Waals surface area contributed by atoms with E-state index in [0.717, 1.165) is 154 Å². The van der Waals surface area contributed by atoms with Crippen molar-refractivity contribution in [2.75, 3.05) is 39.6 Å². The summed E-state index contributed by atoms with van der Waals surface area (Å²) in [4.78, 5) is 73.0. The summed E-state index contributed by atoms with van der Waals surface area (Å²) in [7, 11) is -9.99. The molecule has 0 saturated heterocycles. The number of phosphoric ester groups is 2. The zero-order chi connectivity index (χ0) is 76.0. The maximum atomic E-state index is 13.1. The van der Waals surface area contributed by atoms with Crippen molar-refractivity contribution in [3.63, 3.8) is 0 Å². The smallest absolute Gasteiger partial charge is 0.462 e. The molecule has 0 aliphatic carbocycles. The van der Waals surface area contributed by atoms with Crippen LogP contribution in [0.25, 0.3) is 0 Å². The number of phosphoric acid groups is 2. The van der Waals surface area contributed by atoms with Gasteiger partial charge in [0, 0.05) is 19.3 Å². The van der Waals surface area contributed by atoms with Gasteiger partial charge in [0.05, 0.1) is 32.8 Å². The predicted molar refractivity (Wildman–Crippen MR) is 427 cm³/mol. The van der Waals surface area contributed by atoms with Crippen LogP contribution in [0, 0.1) is 0 Å². The molecule has 17 nitrogen and oxygen atoms in total. The molecule has 0 saturated carbocycles. The molecule has 104 heavy (non-hydrogen) atoms. The number of hydrogen-bond acceptors (Lipinski definition) is 15. The molecule has 5 unspecified atom stereocenters. The number of ether oxygens (including phenoxy) is 4. The Balaban J connectivity index is 5.42. The van der Waals surface area contributed by atoms with Gasteiger partial charge in [-0.25, -0.2) is 9.13 Å². The molecule has 19 heteroatoms. The van der Waals surface area contributed by atoms with Gasteiger partial charge < -0.3 is 33.8 Å². The van der Waals surface area contributed by atoms with E-state index >= 15 is 0 Å². The first-order valence-corrected chi connectivity index (χ1v) is 43.8. The van der Waals surface area contributed by atoms with Crippen molar-refractivity contribution in [1.29, 1.82) is 0 Å². The zero-order valence-electron chi connectivity index (χ0n) is 65.4. The van der Waals surface area contributed by atoms with Crippen LogP contribution >= 0.6 is 15.6 Å². The summed E-state index contributed by atoms with van der Waals surface area (Å²) < 4.78 is 68.5. The van der Waals surface area contributed by atoms with Gasteiger partial charge in [0.2, 0.25) is 0 Å². The van der Waals surface area contributed by atoms with Crippen molar-refractivity contribution >= 4 is 39.5 Å². The summed E-state index contributed by atoms with van der Waals surface area (Å²) in [5, 5.41) is 10.6. The third-order valence-corrected chi connectivity index (χ3v) is 18.9. The van der Waals surface area contributed by atoms with Gasteiger partial charge in [0.1, 0.15) is 19.3 Å². The molecule has 3 N–H and O–H groups in total. The molecule has 0 aromatic rings. The van der Waals surface area contributed by atoms with Crippen LogP contribution in [0.5, 0.6) is 0 Å². The molecule has 0 amide bonds. The van der Waals surface area contributed by atoms with Crippen LogP contribution < -0.4 is 0 Å². The van der Waals surface area contributed by atoms with E-state index in [4.69, 9.17) is 37.0 Å². The summed E-state index contributed by atoms with van der Waals surface area (Å²) in [6.45, 7) is 4.54. The van der Waals surface area contributed by atoms with Crippen LogP contribution in [0.15, 0.2) is 122 Å². The Morgan fingerprint density at radius 1 is 0.288 bits per heavy atom. The first-order valence-electron chi connectivity index (χ1n) is 40.8. The van der Waals surface area contributed by atoms with Crippen molar-refractivity contribution in [3.8, 4) is 0 Å². The number of carbonyl (C=O) groups excluding carboxylic acids is 4. The normalized spacial score (nSPS) is 14.5. The lowest BCUT2D eigenvalue weighted by Gasteiger charge is -2.21. The van der Waals surface area contributed by atoms with Crippen molar-refractivity contribution in [1.82, 2.24) is 0 Å². The van der Waals surface area contributed by atoms with Crippen LogP contribution in [0.2, 0.25) is 0 Å². The second kappa shape index (κ2) is 76.6.